The Balaban J connectivity index is 1.60. The van der Waals surface area contributed by atoms with E-state index in [9.17, 15) is 9.18 Å². The first-order valence-electron chi connectivity index (χ1n) is 6.60. The fourth-order valence-electron chi connectivity index (χ4n) is 2.49. The van der Waals surface area contributed by atoms with Gasteiger partial charge in [0.15, 0.2) is 0 Å². The molecule has 0 unspecified atom stereocenters. The zero-order valence-corrected chi connectivity index (χ0v) is 10.9. The van der Waals surface area contributed by atoms with Crippen LogP contribution >= 0.6 is 0 Å². The van der Waals surface area contributed by atoms with Crippen molar-refractivity contribution in [2.45, 2.75) is 18.9 Å². The summed E-state index contributed by atoms with van der Waals surface area (Å²) in [5, 5.41) is 7.76. The van der Waals surface area contributed by atoms with Crippen LogP contribution in [0.5, 0.6) is 0 Å². The molecule has 2 aromatic rings. The number of carbonyl (C=O) groups is 1. The molecule has 0 radical (unpaired) electrons. The van der Waals surface area contributed by atoms with E-state index in [1.54, 1.807) is 23.0 Å². The highest BCUT2D eigenvalue weighted by Crippen LogP contribution is 2.21. The minimum Gasteiger partial charge on any atom is -0.340 e. The molecule has 0 aliphatic carbocycles. The number of rotatable bonds is 3. The van der Waals surface area contributed by atoms with Crippen LogP contribution in [0.4, 0.5) is 4.39 Å². The summed E-state index contributed by atoms with van der Waals surface area (Å²) in [6, 6.07) is 6.26. The summed E-state index contributed by atoms with van der Waals surface area (Å²) in [5.74, 6) is -0.215. The highest BCUT2D eigenvalue weighted by Gasteiger charge is 2.27. The Hall–Kier alpha value is -2.24. The third-order valence-corrected chi connectivity index (χ3v) is 3.60. The molecule has 3 rings (SSSR count). The lowest BCUT2D eigenvalue weighted by Gasteiger charge is -2.16. The second-order valence-electron chi connectivity index (χ2n) is 4.97. The molecule has 2 heterocycles. The van der Waals surface area contributed by atoms with Crippen molar-refractivity contribution in [2.24, 2.45) is 0 Å². The van der Waals surface area contributed by atoms with E-state index < -0.39 is 0 Å². The second kappa shape index (κ2) is 5.40. The first-order valence-corrected chi connectivity index (χ1v) is 6.60. The molecule has 1 amide bonds. The molecule has 6 heteroatoms. The predicted octanol–water partition coefficient (Wildman–Crippen LogP) is 1.43. The van der Waals surface area contributed by atoms with Crippen molar-refractivity contribution < 1.29 is 9.18 Å². The van der Waals surface area contributed by atoms with E-state index in [0.29, 0.717) is 13.0 Å². The number of halogens is 1. The summed E-state index contributed by atoms with van der Waals surface area (Å²) in [6.45, 7) is 1.38. The number of hydrogen-bond acceptors (Lipinski definition) is 3. The molecule has 20 heavy (non-hydrogen) atoms. The lowest BCUT2D eigenvalue weighted by molar-refractivity contribution is -0.129. The van der Waals surface area contributed by atoms with Gasteiger partial charge in [-0.3, -0.25) is 4.79 Å². The molecule has 0 bridgehead atoms. The molecule has 104 valence electrons. The van der Waals surface area contributed by atoms with Crippen molar-refractivity contribution in [1.82, 2.24) is 19.9 Å². The fourth-order valence-corrected chi connectivity index (χ4v) is 2.49. The zero-order chi connectivity index (χ0) is 13.9. The summed E-state index contributed by atoms with van der Waals surface area (Å²) in [5.41, 5.74) is 0.834. The van der Waals surface area contributed by atoms with Gasteiger partial charge in [0, 0.05) is 19.3 Å². The van der Waals surface area contributed by atoms with Crippen molar-refractivity contribution >= 4 is 5.91 Å². The SMILES string of the molecule is O=C(Cc1ccc(F)cc1)N1CC[C@H](n2ccnn2)C1. The minimum absolute atomic E-state index is 0.0687. The quantitative estimate of drug-likeness (QED) is 0.851. The van der Waals surface area contributed by atoms with Crippen molar-refractivity contribution in [3.8, 4) is 0 Å². The van der Waals surface area contributed by atoms with Gasteiger partial charge in [-0.15, -0.1) is 5.10 Å². The summed E-state index contributed by atoms with van der Waals surface area (Å²) in [7, 11) is 0. The second-order valence-corrected chi connectivity index (χ2v) is 4.97. The average Bonchev–Trinajstić information content (AvgIpc) is 3.11. The topological polar surface area (TPSA) is 51.0 Å². The van der Waals surface area contributed by atoms with Crippen molar-refractivity contribution in [1.29, 1.82) is 0 Å². The molecule has 1 aliphatic heterocycles. The number of amides is 1. The summed E-state index contributed by atoms with van der Waals surface area (Å²) in [4.78, 5) is 14.0. The number of likely N-dealkylation sites (tertiary alicyclic amines) is 1. The average molecular weight is 274 g/mol. The largest absolute Gasteiger partial charge is 0.340 e. The molecule has 1 fully saturated rings. The summed E-state index contributed by atoms with van der Waals surface area (Å²) < 4.78 is 14.6. The normalized spacial score (nSPS) is 18.4. The van der Waals surface area contributed by atoms with Gasteiger partial charge < -0.3 is 4.90 Å². The van der Waals surface area contributed by atoms with E-state index in [-0.39, 0.29) is 17.8 Å². The minimum atomic E-state index is -0.284. The van der Waals surface area contributed by atoms with E-state index in [4.69, 9.17) is 0 Å². The third-order valence-electron chi connectivity index (χ3n) is 3.60. The molecule has 1 atom stereocenters. The standard InChI is InChI=1S/C14H15FN4O/c15-12-3-1-11(2-4-12)9-14(20)18-7-5-13(10-18)19-8-6-16-17-19/h1-4,6,8,13H,5,7,9-10H2/t13-/m0/s1. The maximum Gasteiger partial charge on any atom is 0.227 e. The number of benzene rings is 1. The van der Waals surface area contributed by atoms with E-state index in [0.717, 1.165) is 18.5 Å². The molecule has 0 saturated carbocycles. The van der Waals surface area contributed by atoms with Gasteiger partial charge in [-0.2, -0.15) is 0 Å². The molecular formula is C14H15FN4O. The molecule has 0 N–H and O–H groups in total. The van der Waals surface area contributed by atoms with Gasteiger partial charge in [0.1, 0.15) is 5.82 Å². The Morgan fingerprint density at radius 1 is 1.35 bits per heavy atom. The Morgan fingerprint density at radius 3 is 2.85 bits per heavy atom. The van der Waals surface area contributed by atoms with E-state index in [1.165, 1.54) is 12.1 Å². The monoisotopic (exact) mass is 274 g/mol. The Bertz CT molecular complexity index is 582. The van der Waals surface area contributed by atoms with Crippen molar-refractivity contribution in [3.05, 3.63) is 48.0 Å². The van der Waals surface area contributed by atoms with Crippen LogP contribution in [0.1, 0.15) is 18.0 Å². The Kier molecular flexibility index (Phi) is 3.45. The van der Waals surface area contributed by atoms with E-state index in [2.05, 4.69) is 10.3 Å². The van der Waals surface area contributed by atoms with Gasteiger partial charge in [-0.05, 0) is 24.1 Å². The van der Waals surface area contributed by atoms with Crippen LogP contribution in [0.2, 0.25) is 0 Å². The predicted molar refractivity (Wildman–Crippen MR) is 70.4 cm³/mol. The van der Waals surface area contributed by atoms with Gasteiger partial charge >= 0.3 is 0 Å². The van der Waals surface area contributed by atoms with Crippen LogP contribution in [0, 0.1) is 5.82 Å². The highest BCUT2D eigenvalue weighted by atomic mass is 19.1. The molecule has 1 aromatic carbocycles. The lowest BCUT2D eigenvalue weighted by Crippen LogP contribution is -2.30. The summed E-state index contributed by atoms with van der Waals surface area (Å²) >= 11 is 0. The number of carbonyl (C=O) groups excluding carboxylic acids is 1. The molecule has 5 nitrogen and oxygen atoms in total. The number of nitrogens with zero attached hydrogens (tertiary/aromatic N) is 4. The zero-order valence-electron chi connectivity index (χ0n) is 10.9. The first kappa shape index (κ1) is 12.8. The fraction of sp³-hybridized carbons (Fsp3) is 0.357. The number of hydrogen-bond donors (Lipinski definition) is 0. The van der Waals surface area contributed by atoms with E-state index in [1.807, 2.05) is 11.1 Å². The van der Waals surface area contributed by atoms with E-state index >= 15 is 0 Å². The van der Waals surface area contributed by atoms with Crippen LogP contribution in [0.25, 0.3) is 0 Å². The van der Waals surface area contributed by atoms with Crippen LogP contribution in [0.15, 0.2) is 36.7 Å². The third kappa shape index (κ3) is 2.68. The summed E-state index contributed by atoms with van der Waals surface area (Å²) in [6.07, 6.45) is 4.66. The van der Waals surface area contributed by atoms with Crippen LogP contribution in [-0.2, 0) is 11.2 Å². The molecule has 1 saturated heterocycles. The smallest absolute Gasteiger partial charge is 0.227 e. The van der Waals surface area contributed by atoms with Gasteiger partial charge in [-0.25, -0.2) is 9.07 Å². The highest BCUT2D eigenvalue weighted by molar-refractivity contribution is 5.79. The maximum absolute atomic E-state index is 12.8. The van der Waals surface area contributed by atoms with Gasteiger partial charge in [0.25, 0.3) is 0 Å². The lowest BCUT2D eigenvalue weighted by atomic mass is 10.1. The Labute approximate surface area is 116 Å². The maximum atomic E-state index is 12.8. The number of aromatic nitrogens is 3. The molecule has 0 spiro atoms. The van der Waals surface area contributed by atoms with Gasteiger partial charge in [0.05, 0.1) is 18.7 Å². The van der Waals surface area contributed by atoms with Gasteiger partial charge in [-0.1, -0.05) is 17.3 Å². The van der Waals surface area contributed by atoms with Gasteiger partial charge in [0.2, 0.25) is 5.91 Å². The Morgan fingerprint density at radius 2 is 2.15 bits per heavy atom. The van der Waals surface area contributed by atoms with Crippen LogP contribution < -0.4 is 0 Å². The molecule has 1 aromatic heterocycles. The van der Waals surface area contributed by atoms with Crippen LogP contribution in [0.3, 0.4) is 0 Å². The van der Waals surface area contributed by atoms with Crippen LogP contribution in [-0.4, -0.2) is 38.9 Å². The van der Waals surface area contributed by atoms with Crippen molar-refractivity contribution in [2.75, 3.05) is 13.1 Å². The molecule has 1 aliphatic rings. The first-order chi connectivity index (χ1) is 9.72. The van der Waals surface area contributed by atoms with Crippen molar-refractivity contribution in [3.63, 3.8) is 0 Å². The molecular weight excluding hydrogens is 259 g/mol.